The highest BCUT2D eigenvalue weighted by atomic mass is 32.2. The zero-order valence-corrected chi connectivity index (χ0v) is 14.0. The largest absolute Gasteiger partial charge is 0.384 e. The molecule has 1 unspecified atom stereocenters. The van der Waals surface area contributed by atoms with E-state index < -0.39 is 0 Å². The van der Waals surface area contributed by atoms with E-state index in [9.17, 15) is 4.79 Å². The van der Waals surface area contributed by atoms with Gasteiger partial charge in [0.2, 0.25) is 0 Å². The number of hydrogen-bond donors (Lipinski definition) is 1. The van der Waals surface area contributed by atoms with Crippen LogP contribution in [0.2, 0.25) is 0 Å². The highest BCUT2D eigenvalue weighted by Crippen LogP contribution is 2.17. The second kappa shape index (κ2) is 8.76. The molecule has 0 aliphatic heterocycles. The number of carbonyl (C=O) groups excluding carboxylic acids is 1. The van der Waals surface area contributed by atoms with E-state index in [1.807, 2.05) is 32.2 Å². The SMILES string of the molecule is CSCCC(C)N(C)C(=O)c1cccc(C#CCO)c1C. The summed E-state index contributed by atoms with van der Waals surface area (Å²) in [7, 11) is 1.85. The quantitative estimate of drug-likeness (QED) is 0.850. The molecule has 0 aliphatic rings. The lowest BCUT2D eigenvalue weighted by molar-refractivity contribution is 0.0740. The van der Waals surface area contributed by atoms with Crippen molar-refractivity contribution < 1.29 is 9.90 Å². The molecule has 0 heterocycles. The van der Waals surface area contributed by atoms with Crippen molar-refractivity contribution in [1.82, 2.24) is 4.90 Å². The van der Waals surface area contributed by atoms with Crippen LogP contribution in [0.1, 0.15) is 34.8 Å². The Bertz CT molecular complexity index is 545. The van der Waals surface area contributed by atoms with Crippen LogP contribution < -0.4 is 0 Å². The smallest absolute Gasteiger partial charge is 0.254 e. The van der Waals surface area contributed by atoms with Crippen molar-refractivity contribution in [2.75, 3.05) is 25.7 Å². The van der Waals surface area contributed by atoms with Gasteiger partial charge in [-0.3, -0.25) is 4.79 Å². The maximum absolute atomic E-state index is 12.6. The van der Waals surface area contributed by atoms with Gasteiger partial charge in [0.1, 0.15) is 6.61 Å². The summed E-state index contributed by atoms with van der Waals surface area (Å²) >= 11 is 1.79. The summed E-state index contributed by atoms with van der Waals surface area (Å²) in [5, 5.41) is 8.79. The number of nitrogens with zero attached hydrogens (tertiary/aromatic N) is 1. The summed E-state index contributed by atoms with van der Waals surface area (Å²) < 4.78 is 0. The van der Waals surface area contributed by atoms with Gasteiger partial charge in [-0.1, -0.05) is 17.9 Å². The Kier molecular flexibility index (Phi) is 7.35. The van der Waals surface area contributed by atoms with Crippen molar-refractivity contribution in [3.8, 4) is 11.8 Å². The Hall–Kier alpha value is -1.44. The molecule has 3 nitrogen and oxygen atoms in total. The van der Waals surface area contributed by atoms with Gasteiger partial charge in [-0.15, -0.1) is 0 Å². The van der Waals surface area contributed by atoms with E-state index in [0.29, 0.717) is 5.56 Å². The molecule has 1 N–H and O–H groups in total. The van der Waals surface area contributed by atoms with Crippen molar-refractivity contribution >= 4 is 17.7 Å². The maximum Gasteiger partial charge on any atom is 0.254 e. The van der Waals surface area contributed by atoms with Gasteiger partial charge in [0.25, 0.3) is 5.91 Å². The number of hydrogen-bond acceptors (Lipinski definition) is 3. The van der Waals surface area contributed by atoms with Gasteiger partial charge in [-0.05, 0) is 50.0 Å². The first kappa shape index (κ1) is 17.6. The van der Waals surface area contributed by atoms with Crippen LogP contribution in [0.3, 0.4) is 0 Å². The standard InChI is InChI=1S/C17H23NO2S/c1-13(10-12-21-4)18(3)17(20)16-9-5-7-15(14(16)2)8-6-11-19/h5,7,9,13,19H,10-12H2,1-4H3. The number of thioether (sulfide) groups is 1. The third-order valence-electron chi connectivity index (χ3n) is 3.59. The Morgan fingerprint density at radius 2 is 2.19 bits per heavy atom. The molecule has 1 rings (SSSR count). The molecular weight excluding hydrogens is 282 g/mol. The van der Waals surface area contributed by atoms with Crippen LogP contribution in [-0.2, 0) is 0 Å². The minimum absolute atomic E-state index is 0.0220. The third kappa shape index (κ3) is 4.80. The number of amides is 1. The predicted molar refractivity (Wildman–Crippen MR) is 89.7 cm³/mol. The van der Waals surface area contributed by atoms with Crippen LogP contribution in [0.5, 0.6) is 0 Å². The molecule has 0 spiro atoms. The molecule has 0 radical (unpaired) electrons. The minimum atomic E-state index is -0.177. The van der Waals surface area contributed by atoms with E-state index in [1.54, 1.807) is 16.7 Å². The fourth-order valence-corrected chi connectivity index (χ4v) is 2.59. The molecule has 0 saturated carbocycles. The number of benzene rings is 1. The fourth-order valence-electron chi connectivity index (χ4n) is 2.01. The van der Waals surface area contributed by atoms with Crippen molar-refractivity contribution in [2.24, 2.45) is 0 Å². The van der Waals surface area contributed by atoms with Crippen LogP contribution in [0.25, 0.3) is 0 Å². The molecule has 114 valence electrons. The Labute approximate surface area is 131 Å². The van der Waals surface area contributed by atoms with E-state index in [1.165, 1.54) is 0 Å². The number of aliphatic hydroxyl groups is 1. The van der Waals surface area contributed by atoms with Crippen molar-refractivity contribution in [3.63, 3.8) is 0 Å². The molecule has 1 aromatic rings. The third-order valence-corrected chi connectivity index (χ3v) is 4.23. The summed E-state index contributed by atoms with van der Waals surface area (Å²) in [5.41, 5.74) is 2.34. The van der Waals surface area contributed by atoms with Crippen molar-refractivity contribution in [2.45, 2.75) is 26.3 Å². The second-order valence-electron chi connectivity index (χ2n) is 4.98. The van der Waals surface area contributed by atoms with E-state index >= 15 is 0 Å². The molecule has 0 fully saturated rings. The van der Waals surface area contributed by atoms with E-state index in [2.05, 4.69) is 25.0 Å². The zero-order chi connectivity index (χ0) is 15.8. The molecule has 21 heavy (non-hydrogen) atoms. The Morgan fingerprint density at radius 3 is 2.81 bits per heavy atom. The normalized spacial score (nSPS) is 11.5. The summed E-state index contributed by atoms with van der Waals surface area (Å²) in [6, 6.07) is 5.74. The van der Waals surface area contributed by atoms with Crippen LogP contribution in [0, 0.1) is 18.8 Å². The molecule has 1 aromatic carbocycles. The molecule has 0 aliphatic carbocycles. The van der Waals surface area contributed by atoms with Gasteiger partial charge >= 0.3 is 0 Å². The average molecular weight is 305 g/mol. The Balaban J connectivity index is 2.97. The number of carbonyl (C=O) groups is 1. The minimum Gasteiger partial charge on any atom is -0.384 e. The summed E-state index contributed by atoms with van der Waals surface area (Å²) in [6.07, 6.45) is 3.05. The van der Waals surface area contributed by atoms with Crippen molar-refractivity contribution in [3.05, 3.63) is 34.9 Å². The summed E-state index contributed by atoms with van der Waals surface area (Å²) in [5.74, 6) is 6.58. The first-order valence-electron chi connectivity index (χ1n) is 6.98. The number of rotatable bonds is 5. The molecular formula is C17H23NO2S. The highest BCUT2D eigenvalue weighted by Gasteiger charge is 2.19. The first-order valence-corrected chi connectivity index (χ1v) is 8.37. The first-order chi connectivity index (χ1) is 10.0. The number of aliphatic hydroxyl groups excluding tert-OH is 1. The topological polar surface area (TPSA) is 40.5 Å². The zero-order valence-electron chi connectivity index (χ0n) is 13.1. The molecule has 0 aromatic heterocycles. The molecule has 0 saturated heterocycles. The van der Waals surface area contributed by atoms with E-state index in [-0.39, 0.29) is 18.6 Å². The molecule has 0 bridgehead atoms. The van der Waals surface area contributed by atoms with E-state index in [0.717, 1.165) is 23.3 Å². The van der Waals surface area contributed by atoms with E-state index in [4.69, 9.17) is 5.11 Å². The van der Waals surface area contributed by atoms with Gasteiger partial charge < -0.3 is 10.0 Å². The summed E-state index contributed by atoms with van der Waals surface area (Å²) in [6.45, 7) is 3.79. The lowest BCUT2D eigenvalue weighted by Crippen LogP contribution is -2.35. The fraction of sp³-hybridized carbons (Fsp3) is 0.471. The molecule has 1 atom stereocenters. The van der Waals surface area contributed by atoms with Gasteiger partial charge in [-0.2, -0.15) is 11.8 Å². The lowest BCUT2D eigenvalue weighted by atomic mass is 10.0. The van der Waals surface area contributed by atoms with Gasteiger partial charge in [0.15, 0.2) is 0 Å². The lowest BCUT2D eigenvalue weighted by Gasteiger charge is -2.25. The van der Waals surface area contributed by atoms with Crippen LogP contribution in [0.15, 0.2) is 18.2 Å². The van der Waals surface area contributed by atoms with Crippen LogP contribution in [-0.4, -0.2) is 47.6 Å². The van der Waals surface area contributed by atoms with Gasteiger partial charge in [0.05, 0.1) is 0 Å². The monoisotopic (exact) mass is 305 g/mol. The van der Waals surface area contributed by atoms with Gasteiger partial charge in [-0.25, -0.2) is 0 Å². The highest BCUT2D eigenvalue weighted by molar-refractivity contribution is 7.98. The van der Waals surface area contributed by atoms with Gasteiger partial charge in [0, 0.05) is 24.2 Å². The predicted octanol–water partition coefficient (Wildman–Crippen LogP) is 2.55. The Morgan fingerprint density at radius 1 is 1.48 bits per heavy atom. The van der Waals surface area contributed by atoms with Crippen LogP contribution in [0.4, 0.5) is 0 Å². The van der Waals surface area contributed by atoms with Crippen molar-refractivity contribution in [1.29, 1.82) is 0 Å². The maximum atomic E-state index is 12.6. The molecule has 4 heteroatoms. The summed E-state index contributed by atoms with van der Waals surface area (Å²) in [4.78, 5) is 14.4. The molecule has 1 amide bonds. The average Bonchev–Trinajstić information content (AvgIpc) is 2.50. The van der Waals surface area contributed by atoms with Crippen LogP contribution >= 0.6 is 11.8 Å². The second-order valence-corrected chi connectivity index (χ2v) is 5.97.